The molecule has 0 atom stereocenters. The van der Waals surface area contributed by atoms with Gasteiger partial charge in [0.2, 0.25) is 11.7 Å². The topological polar surface area (TPSA) is 126 Å². The Labute approximate surface area is 148 Å². The fourth-order valence-electron chi connectivity index (χ4n) is 2.12. The Kier molecular flexibility index (Phi) is 6.48. The van der Waals surface area contributed by atoms with Gasteiger partial charge in [-0.3, -0.25) is 24.6 Å². The molecule has 0 aromatic rings. The van der Waals surface area contributed by atoms with Crippen LogP contribution in [0.1, 0.15) is 6.42 Å². The maximum Gasteiger partial charge on any atom is 0.267 e. The van der Waals surface area contributed by atoms with E-state index in [0.717, 1.165) is 0 Å². The number of carbonyl (C=O) groups is 4. The highest BCUT2D eigenvalue weighted by Crippen LogP contribution is 2.29. The molecule has 2 amide bonds. The van der Waals surface area contributed by atoms with Gasteiger partial charge in [-0.2, -0.15) is 5.10 Å². The van der Waals surface area contributed by atoms with E-state index in [1.54, 1.807) is 0 Å². The lowest BCUT2D eigenvalue weighted by Crippen LogP contribution is -2.37. The minimum atomic E-state index is -0.411. The Morgan fingerprint density at radius 1 is 1.32 bits per heavy atom. The third-order valence-electron chi connectivity index (χ3n) is 3.44. The normalized spacial score (nSPS) is 16.6. The monoisotopic (exact) mass is 366 g/mol. The van der Waals surface area contributed by atoms with E-state index < -0.39 is 5.91 Å². The highest BCUT2D eigenvalue weighted by Gasteiger charge is 2.33. The number of amides is 2. The summed E-state index contributed by atoms with van der Waals surface area (Å²) in [7, 11) is 2.97. The molecule has 2 aliphatic rings. The summed E-state index contributed by atoms with van der Waals surface area (Å²) in [5.74, 6) is -0.908. The number of hydrogen-bond donors (Lipinski definition) is 3. The van der Waals surface area contributed by atoms with E-state index in [1.807, 2.05) is 0 Å². The van der Waals surface area contributed by atoms with Crippen LogP contribution in [-0.2, 0) is 23.9 Å². The Balaban J connectivity index is 1.93. The first-order chi connectivity index (χ1) is 12.0. The summed E-state index contributed by atoms with van der Waals surface area (Å²) < 4.78 is 5.16. The average Bonchev–Trinajstić information content (AvgIpc) is 2.63. The summed E-state index contributed by atoms with van der Waals surface area (Å²) in [5, 5.41) is 8.70. The molecule has 0 saturated carbocycles. The van der Waals surface area contributed by atoms with Crippen LogP contribution in [0.3, 0.4) is 0 Å². The molecule has 9 nitrogen and oxygen atoms in total. The van der Waals surface area contributed by atoms with Crippen LogP contribution in [-0.4, -0.2) is 62.2 Å². The summed E-state index contributed by atoms with van der Waals surface area (Å²) in [6, 6.07) is 0. The fourth-order valence-corrected chi connectivity index (χ4v) is 2.99. The molecular weight excluding hydrogens is 348 g/mol. The van der Waals surface area contributed by atoms with E-state index in [2.05, 4.69) is 21.2 Å². The van der Waals surface area contributed by atoms with Crippen molar-refractivity contribution in [2.24, 2.45) is 5.10 Å². The van der Waals surface area contributed by atoms with Crippen LogP contribution < -0.4 is 16.1 Å². The highest BCUT2D eigenvalue weighted by molar-refractivity contribution is 8.04. The number of likely N-dealkylation sites (N-methyl/N-ethyl adjacent to an activating group) is 1. The van der Waals surface area contributed by atoms with Gasteiger partial charge in [0.25, 0.3) is 5.91 Å². The second kappa shape index (κ2) is 8.58. The number of thioether (sulfide) groups is 1. The Morgan fingerprint density at radius 2 is 2.08 bits per heavy atom. The predicted molar refractivity (Wildman–Crippen MR) is 91.7 cm³/mol. The number of ketones is 2. The number of hydrazone groups is 1. The second-order valence-corrected chi connectivity index (χ2v) is 6.19. The molecule has 134 valence electrons. The molecule has 1 heterocycles. The molecule has 0 spiro atoms. The van der Waals surface area contributed by atoms with Gasteiger partial charge in [0.05, 0.1) is 11.5 Å². The molecule has 0 saturated heterocycles. The molecule has 10 heteroatoms. The van der Waals surface area contributed by atoms with Crippen molar-refractivity contribution < 1.29 is 23.9 Å². The SMILES string of the molecule is CNC(=O)COCCSC1=CC(=O)C2=C(CC(C(=O)NC)=NN2)C1=O. The zero-order chi connectivity index (χ0) is 18.4. The van der Waals surface area contributed by atoms with Gasteiger partial charge in [0, 0.05) is 37.9 Å². The Bertz CT molecular complexity index is 711. The van der Waals surface area contributed by atoms with Gasteiger partial charge in [0.1, 0.15) is 18.0 Å². The van der Waals surface area contributed by atoms with Crippen LogP contribution >= 0.6 is 11.8 Å². The number of nitrogens with one attached hydrogen (secondary N) is 3. The van der Waals surface area contributed by atoms with Crippen molar-refractivity contribution in [1.82, 2.24) is 16.1 Å². The van der Waals surface area contributed by atoms with Crippen molar-refractivity contribution in [3.8, 4) is 0 Å². The van der Waals surface area contributed by atoms with Gasteiger partial charge in [-0.25, -0.2) is 0 Å². The number of allylic oxidation sites excluding steroid dienone is 3. The number of ether oxygens (including phenoxy) is 1. The van der Waals surface area contributed by atoms with Crippen molar-refractivity contribution in [2.75, 3.05) is 33.1 Å². The van der Waals surface area contributed by atoms with Gasteiger partial charge < -0.3 is 15.4 Å². The zero-order valence-corrected chi connectivity index (χ0v) is 14.6. The lowest BCUT2D eigenvalue weighted by Gasteiger charge is -2.22. The fraction of sp³-hybridized carbons (Fsp3) is 0.400. The third-order valence-corrected chi connectivity index (χ3v) is 4.43. The first-order valence-corrected chi connectivity index (χ1v) is 8.46. The number of hydrogen-bond acceptors (Lipinski definition) is 8. The Hall–Kier alpha value is -2.46. The van der Waals surface area contributed by atoms with Crippen molar-refractivity contribution in [2.45, 2.75) is 6.42 Å². The van der Waals surface area contributed by atoms with Crippen molar-refractivity contribution in [3.05, 3.63) is 22.3 Å². The molecule has 0 aromatic carbocycles. The molecule has 0 bridgehead atoms. The van der Waals surface area contributed by atoms with Crippen molar-refractivity contribution >= 4 is 40.9 Å². The summed E-state index contributed by atoms with van der Waals surface area (Å²) in [5.41, 5.74) is 2.98. The Morgan fingerprint density at radius 3 is 2.76 bits per heavy atom. The predicted octanol–water partition coefficient (Wildman–Crippen LogP) is -1.13. The number of carbonyl (C=O) groups excluding carboxylic acids is 4. The molecular formula is C15H18N4O5S. The van der Waals surface area contributed by atoms with Gasteiger partial charge >= 0.3 is 0 Å². The lowest BCUT2D eigenvalue weighted by molar-refractivity contribution is -0.125. The van der Waals surface area contributed by atoms with Gasteiger partial charge in [0.15, 0.2) is 5.78 Å². The maximum atomic E-state index is 12.5. The van der Waals surface area contributed by atoms with Crippen LogP contribution in [0.15, 0.2) is 27.4 Å². The van der Waals surface area contributed by atoms with Gasteiger partial charge in [-0.15, -0.1) is 11.8 Å². The van der Waals surface area contributed by atoms with E-state index in [4.69, 9.17) is 4.74 Å². The highest BCUT2D eigenvalue weighted by atomic mass is 32.2. The molecule has 0 unspecified atom stereocenters. The van der Waals surface area contributed by atoms with Crippen molar-refractivity contribution in [3.63, 3.8) is 0 Å². The maximum absolute atomic E-state index is 12.5. The quantitative estimate of drug-likeness (QED) is 0.384. The van der Waals surface area contributed by atoms with Crippen LogP contribution in [0.4, 0.5) is 0 Å². The molecule has 2 rings (SSSR count). The first-order valence-electron chi connectivity index (χ1n) is 7.47. The zero-order valence-electron chi connectivity index (χ0n) is 13.8. The third kappa shape index (κ3) is 4.54. The summed E-state index contributed by atoms with van der Waals surface area (Å²) >= 11 is 1.17. The molecule has 3 N–H and O–H groups in total. The summed E-state index contributed by atoms with van der Waals surface area (Å²) in [6.45, 7) is 0.195. The summed E-state index contributed by atoms with van der Waals surface area (Å²) in [4.78, 5) is 47.7. The van der Waals surface area contributed by atoms with Crippen LogP contribution in [0.25, 0.3) is 0 Å². The van der Waals surface area contributed by atoms with Crippen LogP contribution in [0.2, 0.25) is 0 Å². The second-order valence-electron chi connectivity index (χ2n) is 5.06. The van der Waals surface area contributed by atoms with E-state index in [1.165, 1.54) is 31.9 Å². The largest absolute Gasteiger partial charge is 0.371 e. The van der Waals surface area contributed by atoms with E-state index in [9.17, 15) is 19.2 Å². The minimum absolute atomic E-state index is 0.00233. The smallest absolute Gasteiger partial charge is 0.267 e. The number of Topliss-reactive ketones (excluding diaryl/α,β-unsaturated/α-hetero) is 1. The first kappa shape index (κ1) is 18.9. The van der Waals surface area contributed by atoms with E-state index >= 15 is 0 Å². The van der Waals surface area contributed by atoms with E-state index in [-0.39, 0.29) is 59.0 Å². The number of nitrogens with zero attached hydrogens (tertiary/aromatic N) is 1. The molecule has 25 heavy (non-hydrogen) atoms. The minimum Gasteiger partial charge on any atom is -0.371 e. The lowest BCUT2D eigenvalue weighted by atomic mass is 9.94. The van der Waals surface area contributed by atoms with Crippen molar-refractivity contribution in [1.29, 1.82) is 0 Å². The summed E-state index contributed by atoms with van der Waals surface area (Å²) in [6.07, 6.45) is 1.25. The van der Waals surface area contributed by atoms with Gasteiger partial charge in [-0.05, 0) is 0 Å². The number of rotatable bonds is 7. The van der Waals surface area contributed by atoms with E-state index in [0.29, 0.717) is 5.75 Å². The standard InChI is InChI=1S/C15H18N4O5S/c1-16-12(21)7-24-3-4-25-11-6-10(20)13-8(14(11)22)5-9(18-19-13)15(23)17-2/h6,19H,3-5,7H2,1-2H3,(H,16,21)(H,17,23). The molecule has 0 radical (unpaired) electrons. The molecule has 1 aliphatic heterocycles. The average molecular weight is 366 g/mol. The molecule has 0 aromatic heterocycles. The van der Waals surface area contributed by atoms with Crippen LogP contribution in [0.5, 0.6) is 0 Å². The molecule has 0 fully saturated rings. The van der Waals surface area contributed by atoms with Gasteiger partial charge in [-0.1, -0.05) is 0 Å². The molecule has 1 aliphatic carbocycles. The van der Waals surface area contributed by atoms with Crippen LogP contribution in [0, 0.1) is 0 Å².